The van der Waals surface area contributed by atoms with E-state index in [-0.39, 0.29) is 12.6 Å². The topological polar surface area (TPSA) is 62.1 Å². The number of hydrogen-bond acceptors (Lipinski definition) is 3. The van der Waals surface area contributed by atoms with Crippen molar-refractivity contribution in [3.8, 4) is 6.07 Å². The van der Waals surface area contributed by atoms with Crippen molar-refractivity contribution in [3.05, 3.63) is 48.6 Å². The zero-order chi connectivity index (χ0) is 13.2. The molecule has 4 heteroatoms. The molecule has 0 aliphatic carbocycles. The molecule has 1 aromatic rings. The Hall–Kier alpha value is -2.28. The van der Waals surface area contributed by atoms with Gasteiger partial charge in [-0.3, -0.25) is 0 Å². The SMILES string of the molecule is C=CC(CC[11C]#N)NC(=O)OCc1ccccc1. The first kappa shape index (κ1) is 13.8. The molecule has 4 nitrogen and oxygen atoms in total. The van der Waals surface area contributed by atoms with E-state index < -0.39 is 6.09 Å². The van der Waals surface area contributed by atoms with Crippen molar-refractivity contribution in [1.29, 1.82) is 5.26 Å². The maximum Gasteiger partial charge on any atom is 0.407 e. The monoisotopic (exact) mass is 243 g/mol. The van der Waals surface area contributed by atoms with Crippen LogP contribution in [0.1, 0.15) is 18.4 Å². The third-order valence-electron chi connectivity index (χ3n) is 2.37. The molecule has 0 saturated carbocycles. The number of carbonyl (C=O) groups excluding carboxylic acids is 1. The molecule has 0 bridgehead atoms. The maximum atomic E-state index is 11.5. The first-order valence-corrected chi connectivity index (χ1v) is 5.73. The van der Waals surface area contributed by atoms with Gasteiger partial charge in [0.25, 0.3) is 0 Å². The van der Waals surface area contributed by atoms with Gasteiger partial charge in [-0.15, -0.1) is 6.58 Å². The van der Waals surface area contributed by atoms with E-state index in [2.05, 4.69) is 11.9 Å². The highest BCUT2D eigenvalue weighted by Gasteiger charge is 2.09. The van der Waals surface area contributed by atoms with E-state index in [0.29, 0.717) is 12.8 Å². The summed E-state index contributed by atoms with van der Waals surface area (Å²) < 4.78 is 5.06. The number of rotatable bonds is 6. The van der Waals surface area contributed by atoms with Crippen molar-refractivity contribution in [2.24, 2.45) is 0 Å². The Bertz CT molecular complexity index is 423. The molecule has 1 unspecified atom stereocenters. The normalized spacial score (nSPS) is 11.1. The van der Waals surface area contributed by atoms with Gasteiger partial charge < -0.3 is 10.1 Å². The van der Waals surface area contributed by atoms with Crippen LogP contribution in [0.2, 0.25) is 0 Å². The quantitative estimate of drug-likeness (QED) is 0.781. The Morgan fingerprint density at radius 2 is 2.22 bits per heavy atom. The van der Waals surface area contributed by atoms with Crippen LogP contribution in [-0.4, -0.2) is 12.1 Å². The van der Waals surface area contributed by atoms with Gasteiger partial charge in [0.2, 0.25) is 0 Å². The lowest BCUT2D eigenvalue weighted by Gasteiger charge is -2.13. The fraction of sp³-hybridized carbons (Fsp3) is 0.286. The third kappa shape index (κ3) is 5.17. The second kappa shape index (κ2) is 7.91. The number of amides is 1. The maximum absolute atomic E-state index is 11.5. The number of nitriles is 1. The predicted molar refractivity (Wildman–Crippen MR) is 68.6 cm³/mol. The van der Waals surface area contributed by atoms with Crippen LogP contribution in [0.25, 0.3) is 0 Å². The molecule has 94 valence electrons. The molecular weight excluding hydrogens is 227 g/mol. The number of ether oxygens (including phenoxy) is 1. The Balaban J connectivity index is 2.32. The summed E-state index contributed by atoms with van der Waals surface area (Å²) in [5.41, 5.74) is 0.930. The van der Waals surface area contributed by atoms with Crippen molar-refractivity contribution in [2.45, 2.75) is 25.5 Å². The molecule has 0 aliphatic heterocycles. The average molecular weight is 243 g/mol. The van der Waals surface area contributed by atoms with Gasteiger partial charge >= 0.3 is 6.09 Å². The van der Waals surface area contributed by atoms with E-state index in [4.69, 9.17) is 10.00 Å². The van der Waals surface area contributed by atoms with E-state index in [1.165, 1.54) is 0 Å². The molecule has 1 amide bonds. The van der Waals surface area contributed by atoms with E-state index in [1.807, 2.05) is 36.4 Å². The standard InChI is InChI=1S/C14H16N2O2/c1-2-13(9-6-10-15)16-14(17)18-11-12-7-4-3-5-8-12/h2-5,7-8,13H,1,6,9,11H2,(H,16,17)/i10-1. The molecule has 0 aromatic heterocycles. The van der Waals surface area contributed by atoms with Gasteiger partial charge in [-0.2, -0.15) is 5.26 Å². The minimum absolute atomic E-state index is 0.229. The lowest BCUT2D eigenvalue weighted by Crippen LogP contribution is -2.33. The number of nitrogens with zero attached hydrogens (tertiary/aromatic N) is 1. The Labute approximate surface area is 107 Å². The number of carbonyl (C=O) groups is 1. The first-order chi connectivity index (χ1) is 8.76. The van der Waals surface area contributed by atoms with Crippen molar-refractivity contribution < 1.29 is 9.53 Å². The van der Waals surface area contributed by atoms with E-state index in [9.17, 15) is 4.79 Å². The zero-order valence-electron chi connectivity index (χ0n) is 10.1. The molecule has 0 radical (unpaired) electrons. The molecular formula is C14H16N2O2. The highest BCUT2D eigenvalue weighted by molar-refractivity contribution is 5.67. The molecule has 1 atom stereocenters. The van der Waals surface area contributed by atoms with Crippen LogP contribution in [0.4, 0.5) is 4.79 Å². The Morgan fingerprint density at radius 1 is 1.50 bits per heavy atom. The molecule has 0 spiro atoms. The second-order valence-corrected chi connectivity index (χ2v) is 3.75. The lowest BCUT2D eigenvalue weighted by atomic mass is 10.0. The molecule has 1 rings (SSSR count). The van der Waals surface area contributed by atoms with Gasteiger partial charge in [0, 0.05) is 6.42 Å². The fourth-order valence-corrected chi connectivity index (χ4v) is 1.39. The molecule has 0 saturated heterocycles. The zero-order valence-corrected chi connectivity index (χ0v) is 10.1. The van der Waals surface area contributed by atoms with Gasteiger partial charge in [0.05, 0.1) is 12.1 Å². The predicted octanol–water partition coefficient (Wildman–Crippen LogP) is 2.77. The summed E-state index contributed by atoms with van der Waals surface area (Å²) in [4.78, 5) is 11.5. The molecule has 0 heterocycles. The average Bonchev–Trinajstić information content (AvgIpc) is 2.42. The number of alkyl carbamates (subject to hydrolysis) is 1. The lowest BCUT2D eigenvalue weighted by molar-refractivity contribution is 0.137. The van der Waals surface area contributed by atoms with Gasteiger partial charge in [-0.05, 0) is 12.0 Å². The van der Waals surface area contributed by atoms with Crippen LogP contribution in [0.5, 0.6) is 0 Å². The van der Waals surface area contributed by atoms with Crippen LogP contribution in [0, 0.1) is 11.3 Å². The largest absolute Gasteiger partial charge is 0.445 e. The van der Waals surface area contributed by atoms with Crippen LogP contribution in [-0.2, 0) is 11.3 Å². The molecule has 0 fully saturated rings. The Morgan fingerprint density at radius 3 is 2.83 bits per heavy atom. The highest BCUT2D eigenvalue weighted by Crippen LogP contribution is 2.02. The first-order valence-electron chi connectivity index (χ1n) is 5.73. The van der Waals surface area contributed by atoms with Crippen LogP contribution >= 0.6 is 0 Å². The van der Waals surface area contributed by atoms with Gasteiger partial charge in [0.15, 0.2) is 0 Å². The van der Waals surface area contributed by atoms with Crippen molar-refractivity contribution in [1.82, 2.24) is 5.32 Å². The van der Waals surface area contributed by atoms with Gasteiger partial charge in [0.1, 0.15) is 6.61 Å². The highest BCUT2D eigenvalue weighted by atomic mass is 16.5. The second-order valence-electron chi connectivity index (χ2n) is 3.75. The van der Waals surface area contributed by atoms with E-state index >= 15 is 0 Å². The summed E-state index contributed by atoms with van der Waals surface area (Å²) in [6, 6.07) is 11.2. The van der Waals surface area contributed by atoms with Gasteiger partial charge in [-0.25, -0.2) is 4.79 Å². The molecule has 1 N–H and O–H groups in total. The number of benzene rings is 1. The van der Waals surface area contributed by atoms with Crippen LogP contribution in [0.3, 0.4) is 0 Å². The number of hydrogen-bond donors (Lipinski definition) is 1. The summed E-state index contributed by atoms with van der Waals surface area (Å²) in [6.45, 7) is 3.84. The summed E-state index contributed by atoms with van der Waals surface area (Å²) in [7, 11) is 0. The summed E-state index contributed by atoms with van der Waals surface area (Å²) in [5.74, 6) is 0. The summed E-state index contributed by atoms with van der Waals surface area (Å²) >= 11 is 0. The number of nitrogens with one attached hydrogen (secondary N) is 1. The minimum atomic E-state index is -0.498. The summed E-state index contributed by atoms with van der Waals surface area (Å²) in [5, 5.41) is 11.1. The third-order valence-corrected chi connectivity index (χ3v) is 2.37. The van der Waals surface area contributed by atoms with E-state index in [0.717, 1.165) is 5.56 Å². The molecule has 0 aliphatic rings. The fourth-order valence-electron chi connectivity index (χ4n) is 1.39. The van der Waals surface area contributed by atoms with Crippen LogP contribution < -0.4 is 5.32 Å². The molecule has 1 aromatic carbocycles. The Kier molecular flexibility index (Phi) is 6.05. The van der Waals surface area contributed by atoms with E-state index in [1.54, 1.807) is 6.08 Å². The van der Waals surface area contributed by atoms with Crippen molar-refractivity contribution in [2.75, 3.05) is 0 Å². The molecule has 18 heavy (non-hydrogen) atoms. The minimum Gasteiger partial charge on any atom is -0.445 e. The van der Waals surface area contributed by atoms with Crippen molar-refractivity contribution in [3.63, 3.8) is 0 Å². The van der Waals surface area contributed by atoms with Crippen molar-refractivity contribution >= 4 is 6.09 Å². The van der Waals surface area contributed by atoms with Crippen LogP contribution in [0.15, 0.2) is 43.0 Å². The smallest absolute Gasteiger partial charge is 0.407 e. The van der Waals surface area contributed by atoms with Gasteiger partial charge in [-0.1, -0.05) is 36.4 Å². The summed E-state index contributed by atoms with van der Waals surface area (Å²) in [6.07, 6.45) is 2.01.